The number of fused-ring (bicyclic) bond motifs is 1. The third-order valence-electron chi connectivity index (χ3n) is 5.70. The highest BCUT2D eigenvalue weighted by Gasteiger charge is 2.57. The molecular weight excluding hydrogens is 382 g/mol. The lowest BCUT2D eigenvalue weighted by Crippen LogP contribution is -2.41. The first-order chi connectivity index (χ1) is 13.7. The van der Waals surface area contributed by atoms with Crippen LogP contribution in [0.1, 0.15) is 31.9 Å². The fourth-order valence-electron chi connectivity index (χ4n) is 4.35. The second-order valence-corrected chi connectivity index (χ2v) is 8.06. The standard InChI is InChI=1S/C20H24F2N4O3/c1-20(2)28-18-11(17(27)10-4-5-12(21)13(22)6-10)7-14(19(18)29-20)26(3)16-8-15(23)24-9-25-16/h4-6,8-9,11,14,17-19,27H,7H2,1-3H3,(H2,23,24,25)/t11-,14-,17?,18-,19+/m1/s1. The maximum atomic E-state index is 13.7. The summed E-state index contributed by atoms with van der Waals surface area (Å²) in [5.41, 5.74) is 6.08. The molecule has 1 saturated heterocycles. The normalized spacial score (nSPS) is 28.9. The third kappa shape index (κ3) is 3.65. The van der Waals surface area contributed by atoms with E-state index in [4.69, 9.17) is 15.2 Å². The number of rotatable bonds is 4. The van der Waals surface area contributed by atoms with Crippen LogP contribution in [-0.4, -0.2) is 46.2 Å². The minimum absolute atomic E-state index is 0.166. The van der Waals surface area contributed by atoms with Crippen molar-refractivity contribution in [2.24, 2.45) is 5.92 Å². The molecule has 2 aliphatic rings. The molecule has 1 aromatic carbocycles. The minimum Gasteiger partial charge on any atom is -0.388 e. The first-order valence-corrected chi connectivity index (χ1v) is 9.45. The summed E-state index contributed by atoms with van der Waals surface area (Å²) in [6.45, 7) is 3.62. The number of nitrogens with two attached hydrogens (primary N) is 1. The van der Waals surface area contributed by atoms with Gasteiger partial charge in [-0.15, -0.1) is 0 Å². The molecule has 1 saturated carbocycles. The summed E-state index contributed by atoms with van der Waals surface area (Å²) < 4.78 is 39.2. The van der Waals surface area contributed by atoms with E-state index in [0.29, 0.717) is 23.6 Å². The van der Waals surface area contributed by atoms with Gasteiger partial charge in [0.2, 0.25) is 0 Å². The number of nitrogen functional groups attached to an aromatic ring is 1. The average molecular weight is 406 g/mol. The summed E-state index contributed by atoms with van der Waals surface area (Å²) in [7, 11) is 1.87. The van der Waals surface area contributed by atoms with Gasteiger partial charge in [-0.1, -0.05) is 6.07 Å². The van der Waals surface area contributed by atoms with Crippen molar-refractivity contribution in [3.05, 3.63) is 47.8 Å². The SMILES string of the molecule is CN(c1cc(N)ncn1)[C@@H]1C[C@H](C(O)c2ccc(F)c(F)c2)[C@H]2OC(C)(C)O[C@H]21. The maximum absolute atomic E-state index is 13.7. The van der Waals surface area contributed by atoms with E-state index in [0.717, 1.165) is 12.1 Å². The number of aromatic nitrogens is 2. The van der Waals surface area contributed by atoms with Gasteiger partial charge in [0.15, 0.2) is 17.4 Å². The van der Waals surface area contributed by atoms with Crippen molar-refractivity contribution in [3.63, 3.8) is 0 Å². The largest absolute Gasteiger partial charge is 0.388 e. The third-order valence-corrected chi connectivity index (χ3v) is 5.70. The Bertz CT molecular complexity index is 913. The van der Waals surface area contributed by atoms with E-state index >= 15 is 0 Å². The van der Waals surface area contributed by atoms with Gasteiger partial charge in [-0.3, -0.25) is 0 Å². The molecule has 2 aromatic rings. The van der Waals surface area contributed by atoms with Gasteiger partial charge in [0.25, 0.3) is 0 Å². The lowest BCUT2D eigenvalue weighted by Gasteiger charge is -2.31. The van der Waals surface area contributed by atoms with E-state index < -0.39 is 29.6 Å². The monoisotopic (exact) mass is 406 g/mol. The molecule has 7 nitrogen and oxygen atoms in total. The van der Waals surface area contributed by atoms with E-state index in [2.05, 4.69) is 9.97 Å². The number of likely N-dealkylation sites (N-methyl/N-ethyl adjacent to an activating group) is 1. The van der Waals surface area contributed by atoms with Crippen LogP contribution in [0.3, 0.4) is 0 Å². The number of halogens is 2. The van der Waals surface area contributed by atoms with Gasteiger partial charge in [-0.2, -0.15) is 0 Å². The fourth-order valence-corrected chi connectivity index (χ4v) is 4.35. The summed E-state index contributed by atoms with van der Waals surface area (Å²) in [5, 5.41) is 11.0. The van der Waals surface area contributed by atoms with E-state index in [1.54, 1.807) is 6.07 Å². The van der Waals surface area contributed by atoms with Crippen LogP contribution in [0.4, 0.5) is 20.4 Å². The summed E-state index contributed by atoms with van der Waals surface area (Å²) in [6.07, 6.45) is 0.100. The second kappa shape index (κ2) is 7.16. The lowest BCUT2D eigenvalue weighted by atomic mass is 9.92. The Morgan fingerprint density at radius 2 is 1.90 bits per heavy atom. The second-order valence-electron chi connectivity index (χ2n) is 8.06. The van der Waals surface area contributed by atoms with Gasteiger partial charge in [0, 0.05) is 19.0 Å². The average Bonchev–Trinajstić information content (AvgIpc) is 3.15. The molecule has 1 aromatic heterocycles. The molecule has 5 atom stereocenters. The highest BCUT2D eigenvalue weighted by Crippen LogP contribution is 2.48. The van der Waals surface area contributed by atoms with Crippen LogP contribution in [0.5, 0.6) is 0 Å². The van der Waals surface area contributed by atoms with Crippen LogP contribution < -0.4 is 10.6 Å². The molecule has 1 aliphatic carbocycles. The Balaban J connectivity index is 1.64. The van der Waals surface area contributed by atoms with Crippen molar-refractivity contribution in [3.8, 4) is 0 Å². The van der Waals surface area contributed by atoms with Crippen LogP contribution in [0.15, 0.2) is 30.6 Å². The van der Waals surface area contributed by atoms with Crippen LogP contribution >= 0.6 is 0 Å². The summed E-state index contributed by atoms with van der Waals surface area (Å²) in [5.74, 6) is -2.18. The predicted molar refractivity (Wildman–Crippen MR) is 102 cm³/mol. The van der Waals surface area contributed by atoms with Gasteiger partial charge < -0.3 is 25.2 Å². The Hall–Kier alpha value is -2.36. The smallest absolute Gasteiger partial charge is 0.163 e. The van der Waals surface area contributed by atoms with E-state index in [-0.39, 0.29) is 18.1 Å². The quantitative estimate of drug-likeness (QED) is 0.805. The Kier molecular flexibility index (Phi) is 4.92. The molecule has 2 fully saturated rings. The zero-order valence-electron chi connectivity index (χ0n) is 16.4. The summed E-state index contributed by atoms with van der Waals surface area (Å²) in [6, 6.07) is 4.93. The molecule has 0 radical (unpaired) electrons. The molecule has 0 amide bonds. The molecule has 0 spiro atoms. The molecule has 2 heterocycles. The molecule has 3 N–H and O–H groups in total. The van der Waals surface area contributed by atoms with Gasteiger partial charge in [-0.05, 0) is 38.0 Å². The maximum Gasteiger partial charge on any atom is 0.163 e. The van der Waals surface area contributed by atoms with Crippen molar-refractivity contribution < 1.29 is 23.4 Å². The molecule has 4 rings (SSSR count). The highest BCUT2D eigenvalue weighted by atomic mass is 19.2. The van der Waals surface area contributed by atoms with Crippen molar-refractivity contribution in [2.75, 3.05) is 17.7 Å². The number of anilines is 2. The number of nitrogens with zero attached hydrogens (tertiary/aromatic N) is 3. The molecule has 1 unspecified atom stereocenters. The Morgan fingerprint density at radius 3 is 2.59 bits per heavy atom. The zero-order chi connectivity index (χ0) is 20.9. The van der Waals surface area contributed by atoms with Crippen molar-refractivity contribution >= 4 is 11.6 Å². The first-order valence-electron chi connectivity index (χ1n) is 9.45. The first kappa shape index (κ1) is 19.9. The zero-order valence-corrected chi connectivity index (χ0v) is 16.4. The number of hydrogen-bond donors (Lipinski definition) is 2. The van der Waals surface area contributed by atoms with Gasteiger partial charge in [-0.25, -0.2) is 18.7 Å². The number of aliphatic hydroxyl groups is 1. The fraction of sp³-hybridized carbons (Fsp3) is 0.500. The minimum atomic E-state index is -1.04. The Morgan fingerprint density at radius 1 is 1.17 bits per heavy atom. The lowest BCUT2D eigenvalue weighted by molar-refractivity contribution is -0.162. The number of hydrogen-bond acceptors (Lipinski definition) is 7. The van der Waals surface area contributed by atoms with E-state index in [1.165, 1.54) is 12.4 Å². The predicted octanol–water partition coefficient (Wildman–Crippen LogP) is 2.42. The molecule has 29 heavy (non-hydrogen) atoms. The van der Waals surface area contributed by atoms with Crippen LogP contribution in [0.2, 0.25) is 0 Å². The number of benzene rings is 1. The van der Waals surface area contributed by atoms with Gasteiger partial charge in [0.05, 0.1) is 18.2 Å². The number of ether oxygens (including phenoxy) is 2. The van der Waals surface area contributed by atoms with Crippen molar-refractivity contribution in [1.82, 2.24) is 9.97 Å². The van der Waals surface area contributed by atoms with Crippen LogP contribution in [0, 0.1) is 17.6 Å². The Labute approximate surface area is 167 Å². The van der Waals surface area contributed by atoms with Gasteiger partial charge >= 0.3 is 0 Å². The molecular formula is C20H24F2N4O3. The molecule has 0 bridgehead atoms. The van der Waals surface area contributed by atoms with E-state index in [1.807, 2.05) is 25.8 Å². The molecule has 9 heteroatoms. The summed E-state index contributed by atoms with van der Waals surface area (Å²) >= 11 is 0. The van der Waals surface area contributed by atoms with E-state index in [9.17, 15) is 13.9 Å². The van der Waals surface area contributed by atoms with Gasteiger partial charge in [0.1, 0.15) is 24.1 Å². The molecule has 1 aliphatic heterocycles. The van der Waals surface area contributed by atoms with Crippen LogP contribution in [-0.2, 0) is 9.47 Å². The van der Waals surface area contributed by atoms with Crippen molar-refractivity contribution in [1.29, 1.82) is 0 Å². The van der Waals surface area contributed by atoms with Crippen LogP contribution in [0.25, 0.3) is 0 Å². The van der Waals surface area contributed by atoms with Crippen molar-refractivity contribution in [2.45, 2.75) is 50.4 Å². The topological polar surface area (TPSA) is 93.7 Å². The summed E-state index contributed by atoms with van der Waals surface area (Å²) in [4.78, 5) is 10.1. The highest BCUT2D eigenvalue weighted by molar-refractivity contribution is 5.47. The number of aliphatic hydroxyl groups excluding tert-OH is 1. The molecule has 156 valence electrons.